The highest BCUT2D eigenvalue weighted by Crippen LogP contribution is 2.34. The minimum atomic E-state index is 0.283. The van der Waals surface area contributed by atoms with Gasteiger partial charge in [-0.2, -0.15) is 4.98 Å². The standard InChI is InChI=1S/C22H32N4O/c1-14(2)18-9-6-10-19(15(3)4)21(18)26-22-24-16(5)12-20(25-22)23-13-17-8-7-11-27-17/h6,9-10,12,14-15,17H,7-8,11,13H2,1-5H3,(H2,23,24,25,26). The molecule has 1 unspecified atom stereocenters. The molecule has 1 saturated heterocycles. The van der Waals surface area contributed by atoms with Gasteiger partial charge >= 0.3 is 0 Å². The summed E-state index contributed by atoms with van der Waals surface area (Å²) in [5.41, 5.74) is 4.66. The van der Waals surface area contributed by atoms with Crippen molar-refractivity contribution in [2.75, 3.05) is 23.8 Å². The van der Waals surface area contributed by atoms with E-state index in [0.717, 1.165) is 43.2 Å². The van der Waals surface area contributed by atoms with Gasteiger partial charge in [0, 0.05) is 30.6 Å². The highest BCUT2D eigenvalue weighted by Gasteiger charge is 2.17. The first kappa shape index (κ1) is 19.6. The van der Waals surface area contributed by atoms with Crippen LogP contribution >= 0.6 is 0 Å². The smallest absolute Gasteiger partial charge is 0.229 e. The zero-order valence-electron chi connectivity index (χ0n) is 17.2. The van der Waals surface area contributed by atoms with Crippen LogP contribution in [0.3, 0.4) is 0 Å². The molecule has 5 nitrogen and oxygen atoms in total. The summed E-state index contributed by atoms with van der Waals surface area (Å²) in [6.07, 6.45) is 2.54. The number of rotatable bonds is 7. The van der Waals surface area contributed by atoms with E-state index >= 15 is 0 Å². The highest BCUT2D eigenvalue weighted by atomic mass is 16.5. The lowest BCUT2D eigenvalue weighted by atomic mass is 9.93. The van der Waals surface area contributed by atoms with Gasteiger partial charge in [-0.25, -0.2) is 4.98 Å². The molecule has 0 bridgehead atoms. The van der Waals surface area contributed by atoms with Gasteiger partial charge in [-0.05, 0) is 42.7 Å². The van der Waals surface area contributed by atoms with Crippen molar-refractivity contribution in [3.05, 3.63) is 41.1 Å². The van der Waals surface area contributed by atoms with Crippen LogP contribution in [0, 0.1) is 6.92 Å². The van der Waals surface area contributed by atoms with Gasteiger partial charge in [0.25, 0.3) is 0 Å². The van der Waals surface area contributed by atoms with Gasteiger partial charge in [-0.1, -0.05) is 45.9 Å². The summed E-state index contributed by atoms with van der Waals surface area (Å²) in [6, 6.07) is 8.50. The van der Waals surface area contributed by atoms with Crippen LogP contribution < -0.4 is 10.6 Å². The van der Waals surface area contributed by atoms with Crippen molar-refractivity contribution in [2.24, 2.45) is 0 Å². The van der Waals surface area contributed by atoms with Gasteiger partial charge in [0.2, 0.25) is 5.95 Å². The average molecular weight is 369 g/mol. The maximum absolute atomic E-state index is 5.69. The van der Waals surface area contributed by atoms with E-state index in [9.17, 15) is 0 Å². The normalized spacial score (nSPS) is 16.9. The molecule has 0 saturated carbocycles. The maximum Gasteiger partial charge on any atom is 0.229 e. The Hall–Kier alpha value is -2.14. The Kier molecular flexibility index (Phi) is 6.32. The molecule has 0 aliphatic carbocycles. The second-order valence-electron chi connectivity index (χ2n) is 7.98. The predicted molar refractivity (Wildman–Crippen MR) is 112 cm³/mol. The average Bonchev–Trinajstić information content (AvgIpc) is 3.13. The summed E-state index contributed by atoms with van der Waals surface area (Å²) >= 11 is 0. The summed E-state index contributed by atoms with van der Waals surface area (Å²) in [4.78, 5) is 9.32. The van der Waals surface area contributed by atoms with Gasteiger partial charge in [-0.3, -0.25) is 0 Å². The van der Waals surface area contributed by atoms with E-state index in [2.05, 4.69) is 61.5 Å². The largest absolute Gasteiger partial charge is 0.376 e. The third kappa shape index (κ3) is 4.98. The van der Waals surface area contributed by atoms with Gasteiger partial charge in [0.1, 0.15) is 5.82 Å². The fraction of sp³-hybridized carbons (Fsp3) is 0.545. The Morgan fingerprint density at radius 1 is 1.11 bits per heavy atom. The number of nitrogens with one attached hydrogen (secondary N) is 2. The molecule has 2 N–H and O–H groups in total. The molecule has 1 aromatic carbocycles. The van der Waals surface area contributed by atoms with E-state index in [-0.39, 0.29) is 6.10 Å². The van der Waals surface area contributed by atoms with Gasteiger partial charge in [-0.15, -0.1) is 0 Å². The first-order chi connectivity index (χ1) is 12.9. The summed E-state index contributed by atoms with van der Waals surface area (Å²) < 4.78 is 5.69. The molecule has 5 heteroatoms. The Labute approximate surface area is 163 Å². The number of hydrogen-bond donors (Lipinski definition) is 2. The summed E-state index contributed by atoms with van der Waals surface area (Å²) in [6.45, 7) is 12.5. The zero-order chi connectivity index (χ0) is 19.4. The van der Waals surface area contributed by atoms with Crippen LogP contribution in [0.4, 0.5) is 17.5 Å². The number of hydrogen-bond acceptors (Lipinski definition) is 5. The monoisotopic (exact) mass is 368 g/mol. The van der Waals surface area contributed by atoms with Crippen LogP contribution in [0.2, 0.25) is 0 Å². The first-order valence-electron chi connectivity index (χ1n) is 10.0. The SMILES string of the molecule is Cc1cc(NCC2CCCO2)nc(Nc2c(C(C)C)cccc2C(C)C)n1. The molecule has 3 rings (SSSR count). The van der Waals surface area contributed by atoms with Crippen LogP contribution in [-0.4, -0.2) is 29.2 Å². The van der Waals surface area contributed by atoms with E-state index in [1.54, 1.807) is 0 Å². The minimum Gasteiger partial charge on any atom is -0.376 e. The third-order valence-electron chi connectivity index (χ3n) is 5.00. The number of para-hydroxylation sites is 1. The van der Waals surface area contributed by atoms with Crippen LogP contribution in [0.5, 0.6) is 0 Å². The molecule has 27 heavy (non-hydrogen) atoms. The molecular formula is C22H32N4O. The minimum absolute atomic E-state index is 0.283. The molecule has 0 radical (unpaired) electrons. The predicted octanol–water partition coefficient (Wildman–Crippen LogP) is 5.37. The topological polar surface area (TPSA) is 59.1 Å². The second kappa shape index (κ2) is 8.70. The van der Waals surface area contributed by atoms with Crippen LogP contribution in [0.1, 0.15) is 69.2 Å². The van der Waals surface area contributed by atoms with Crippen molar-refractivity contribution in [1.82, 2.24) is 9.97 Å². The van der Waals surface area contributed by atoms with Crippen LogP contribution in [0.25, 0.3) is 0 Å². The molecule has 1 aliphatic rings. The van der Waals surface area contributed by atoms with E-state index in [1.165, 1.54) is 11.1 Å². The van der Waals surface area contributed by atoms with Crippen molar-refractivity contribution < 1.29 is 4.74 Å². The quantitative estimate of drug-likeness (QED) is 0.688. The molecule has 1 aromatic heterocycles. The van der Waals surface area contributed by atoms with Crippen molar-refractivity contribution in [1.29, 1.82) is 0 Å². The van der Waals surface area contributed by atoms with E-state index < -0.39 is 0 Å². The van der Waals surface area contributed by atoms with Crippen molar-refractivity contribution in [2.45, 2.75) is 65.4 Å². The third-order valence-corrected chi connectivity index (χ3v) is 5.00. The lowest BCUT2D eigenvalue weighted by molar-refractivity contribution is 0.120. The number of anilines is 3. The van der Waals surface area contributed by atoms with Crippen LogP contribution in [-0.2, 0) is 4.74 Å². The van der Waals surface area contributed by atoms with Gasteiger partial charge in [0.15, 0.2) is 0 Å². The molecule has 1 fully saturated rings. The van der Waals surface area contributed by atoms with Crippen molar-refractivity contribution >= 4 is 17.5 Å². The number of ether oxygens (including phenoxy) is 1. The number of aryl methyl sites for hydroxylation is 1. The Morgan fingerprint density at radius 3 is 2.41 bits per heavy atom. The summed E-state index contributed by atoms with van der Waals surface area (Å²) in [5, 5.41) is 6.93. The van der Waals surface area contributed by atoms with E-state index in [4.69, 9.17) is 9.72 Å². The first-order valence-corrected chi connectivity index (χ1v) is 10.0. The molecule has 2 heterocycles. The molecule has 0 amide bonds. The molecule has 2 aromatic rings. The van der Waals surface area contributed by atoms with Gasteiger partial charge in [0.05, 0.1) is 6.10 Å². The molecule has 0 spiro atoms. The van der Waals surface area contributed by atoms with E-state index in [1.807, 2.05) is 13.0 Å². The maximum atomic E-state index is 5.69. The molecule has 1 aliphatic heterocycles. The van der Waals surface area contributed by atoms with E-state index in [0.29, 0.717) is 17.8 Å². The summed E-state index contributed by atoms with van der Waals surface area (Å²) in [5.74, 6) is 2.33. The van der Waals surface area contributed by atoms with Crippen LogP contribution in [0.15, 0.2) is 24.3 Å². The Morgan fingerprint density at radius 2 is 1.81 bits per heavy atom. The molecule has 1 atom stereocenters. The second-order valence-corrected chi connectivity index (χ2v) is 7.98. The fourth-order valence-electron chi connectivity index (χ4n) is 3.55. The zero-order valence-corrected chi connectivity index (χ0v) is 17.2. The Bertz CT molecular complexity index is 741. The van der Waals surface area contributed by atoms with Crippen molar-refractivity contribution in [3.8, 4) is 0 Å². The lowest BCUT2D eigenvalue weighted by Gasteiger charge is -2.20. The number of nitrogens with zero attached hydrogens (tertiary/aromatic N) is 2. The lowest BCUT2D eigenvalue weighted by Crippen LogP contribution is -2.19. The summed E-state index contributed by atoms with van der Waals surface area (Å²) in [7, 11) is 0. The van der Waals surface area contributed by atoms with Crippen molar-refractivity contribution in [3.63, 3.8) is 0 Å². The van der Waals surface area contributed by atoms with Gasteiger partial charge < -0.3 is 15.4 Å². The highest BCUT2D eigenvalue weighted by molar-refractivity contribution is 5.66. The molecule has 146 valence electrons. The number of benzene rings is 1. The number of aromatic nitrogens is 2. The molecular weight excluding hydrogens is 336 g/mol. The fourth-order valence-corrected chi connectivity index (χ4v) is 3.55. The Balaban J connectivity index is 1.84.